The molecule has 2 N–H and O–H groups in total. The average molecular weight is 461 g/mol. The van der Waals surface area contributed by atoms with Gasteiger partial charge < -0.3 is 14.9 Å². The molecule has 0 aliphatic carbocycles. The number of pyridine rings is 1. The van der Waals surface area contributed by atoms with Crippen molar-refractivity contribution >= 4 is 16.9 Å². The van der Waals surface area contributed by atoms with E-state index in [-0.39, 0.29) is 5.92 Å². The number of carboxylic acids is 1. The first-order valence-electron chi connectivity index (χ1n) is 11.4. The van der Waals surface area contributed by atoms with Crippen molar-refractivity contribution in [2.75, 3.05) is 26.7 Å². The van der Waals surface area contributed by atoms with Gasteiger partial charge in [-0.15, -0.1) is 0 Å². The lowest BCUT2D eigenvalue weighted by atomic mass is 9.81. The molecule has 1 aliphatic rings. The van der Waals surface area contributed by atoms with Crippen molar-refractivity contribution in [1.29, 1.82) is 0 Å². The van der Waals surface area contributed by atoms with Crippen molar-refractivity contribution in [3.63, 3.8) is 0 Å². The topological polar surface area (TPSA) is 109 Å². The molecule has 1 saturated heterocycles. The van der Waals surface area contributed by atoms with Crippen molar-refractivity contribution in [3.05, 3.63) is 60.3 Å². The summed E-state index contributed by atoms with van der Waals surface area (Å²) in [5.74, 6) is 5.49. The lowest BCUT2D eigenvalue weighted by Crippen LogP contribution is -2.44. The molecule has 8 nitrogen and oxygen atoms in total. The molecule has 0 saturated carbocycles. The number of rotatable bonds is 7. The van der Waals surface area contributed by atoms with E-state index in [2.05, 4.69) is 31.7 Å². The minimum absolute atomic E-state index is 0.000797. The van der Waals surface area contributed by atoms with Gasteiger partial charge in [-0.05, 0) is 73.5 Å². The number of aliphatic hydroxyl groups is 1. The molecule has 34 heavy (non-hydrogen) atoms. The number of fused-ring (bicyclic) bond motifs is 1. The molecular weight excluding hydrogens is 432 g/mol. The summed E-state index contributed by atoms with van der Waals surface area (Å²) >= 11 is 0. The van der Waals surface area contributed by atoms with Crippen LogP contribution in [0.15, 0.2) is 49.1 Å². The largest absolute Gasteiger partial charge is 0.497 e. The lowest BCUT2D eigenvalue weighted by Gasteiger charge is -2.36. The summed E-state index contributed by atoms with van der Waals surface area (Å²) in [7, 11) is 1.60. The molecule has 0 spiro atoms. The molecule has 0 bridgehead atoms. The molecule has 0 amide bonds. The number of aliphatic hydroxyl groups excluding tert-OH is 1. The minimum Gasteiger partial charge on any atom is -0.497 e. The van der Waals surface area contributed by atoms with Crippen LogP contribution in [0.4, 0.5) is 0 Å². The maximum atomic E-state index is 12.0. The van der Waals surface area contributed by atoms with E-state index in [9.17, 15) is 15.0 Å². The van der Waals surface area contributed by atoms with Crippen LogP contribution in [-0.2, 0) is 4.79 Å². The first-order chi connectivity index (χ1) is 16.5. The summed E-state index contributed by atoms with van der Waals surface area (Å²) in [6, 6.07) is 9.15. The third-order valence-electron chi connectivity index (χ3n) is 6.41. The molecule has 3 aromatic rings. The molecule has 2 aromatic heterocycles. The van der Waals surface area contributed by atoms with Crippen LogP contribution in [0, 0.1) is 23.7 Å². The van der Waals surface area contributed by atoms with Crippen molar-refractivity contribution in [3.8, 4) is 17.6 Å². The highest BCUT2D eigenvalue weighted by atomic mass is 16.5. The minimum atomic E-state index is -0.799. The number of ether oxygens (including phenoxy) is 1. The van der Waals surface area contributed by atoms with E-state index in [4.69, 9.17) is 4.74 Å². The summed E-state index contributed by atoms with van der Waals surface area (Å²) in [6.07, 6.45) is 5.95. The Morgan fingerprint density at radius 2 is 2.15 bits per heavy atom. The number of methoxy groups -OCH3 is 1. The van der Waals surface area contributed by atoms with Gasteiger partial charge in [0.2, 0.25) is 0 Å². The van der Waals surface area contributed by atoms with Crippen LogP contribution in [0.5, 0.6) is 5.75 Å². The fourth-order valence-corrected chi connectivity index (χ4v) is 4.54. The predicted octanol–water partition coefficient (Wildman–Crippen LogP) is 2.92. The van der Waals surface area contributed by atoms with Crippen LogP contribution in [0.1, 0.15) is 36.6 Å². The predicted molar refractivity (Wildman–Crippen MR) is 127 cm³/mol. The number of hydrogen-bond acceptors (Lipinski definition) is 7. The fraction of sp³-hybridized carbons (Fsp3) is 0.385. The zero-order chi connectivity index (χ0) is 23.9. The number of benzene rings is 1. The monoisotopic (exact) mass is 460 g/mol. The number of carbonyl (C=O) groups is 1. The Hall–Kier alpha value is -3.54. The Bertz CT molecular complexity index is 1190. The van der Waals surface area contributed by atoms with E-state index in [0.717, 1.165) is 29.4 Å². The maximum absolute atomic E-state index is 12.0. The van der Waals surface area contributed by atoms with Gasteiger partial charge in [-0.3, -0.25) is 14.7 Å². The number of nitrogens with zero attached hydrogens (tertiary/aromatic N) is 4. The van der Waals surface area contributed by atoms with Gasteiger partial charge in [0.1, 0.15) is 17.8 Å². The molecule has 4 rings (SSSR count). The Labute approximate surface area is 198 Å². The number of hydrogen-bond donors (Lipinski definition) is 2. The number of carboxylic acid groups (broad SMARTS) is 1. The number of aromatic nitrogens is 3. The third kappa shape index (κ3) is 5.68. The zero-order valence-electron chi connectivity index (χ0n) is 19.1. The summed E-state index contributed by atoms with van der Waals surface area (Å²) in [5, 5.41) is 21.7. The number of aliphatic carboxylic acids is 1. The average Bonchev–Trinajstić information content (AvgIpc) is 2.87. The normalized spacial score (nSPS) is 19.2. The molecule has 176 valence electrons. The van der Waals surface area contributed by atoms with Crippen LogP contribution in [0.25, 0.3) is 10.9 Å². The van der Waals surface area contributed by atoms with Gasteiger partial charge in [0.15, 0.2) is 0 Å². The molecule has 0 radical (unpaired) electrons. The van der Waals surface area contributed by atoms with Gasteiger partial charge in [0.05, 0.1) is 31.2 Å². The van der Waals surface area contributed by atoms with Crippen LogP contribution in [0.2, 0.25) is 0 Å². The van der Waals surface area contributed by atoms with Gasteiger partial charge in [0, 0.05) is 24.3 Å². The van der Waals surface area contributed by atoms with E-state index in [1.165, 1.54) is 6.33 Å². The highest BCUT2D eigenvalue weighted by molar-refractivity contribution is 5.83. The Balaban J connectivity index is 1.38. The van der Waals surface area contributed by atoms with Crippen LogP contribution in [0.3, 0.4) is 0 Å². The highest BCUT2D eigenvalue weighted by Crippen LogP contribution is 2.33. The van der Waals surface area contributed by atoms with Crippen molar-refractivity contribution < 1.29 is 19.7 Å². The zero-order valence-corrected chi connectivity index (χ0v) is 19.1. The maximum Gasteiger partial charge on any atom is 0.308 e. The Morgan fingerprint density at radius 1 is 1.26 bits per heavy atom. The second-order valence-corrected chi connectivity index (χ2v) is 8.50. The summed E-state index contributed by atoms with van der Waals surface area (Å²) in [6.45, 7) is 1.72. The standard InChI is InChI=1S/C26H28N4O4/c1-34-20-5-6-24-22(15-20)21(9-12-28-24)25(31)7-4-18-10-14-30(16-23(18)26(32)33)13-2-3-19-8-11-27-17-29-19/h5-6,8-9,11-12,15,17-18,23,25,31H,4,7,10,13-14,16H2,1H3,(H,32,33)/t18-,23+,25?/m1/s1. The second kappa shape index (κ2) is 11.1. The smallest absolute Gasteiger partial charge is 0.308 e. The molecule has 1 aliphatic heterocycles. The Kier molecular flexibility index (Phi) is 7.68. The van der Waals surface area contributed by atoms with Crippen molar-refractivity contribution in [2.24, 2.45) is 11.8 Å². The fourth-order valence-electron chi connectivity index (χ4n) is 4.54. The molecule has 3 heterocycles. The molecular formula is C26H28N4O4. The van der Waals surface area contributed by atoms with Crippen molar-refractivity contribution in [2.45, 2.75) is 25.4 Å². The molecule has 8 heteroatoms. The van der Waals surface area contributed by atoms with E-state index < -0.39 is 18.0 Å². The van der Waals surface area contributed by atoms with Crippen LogP contribution >= 0.6 is 0 Å². The van der Waals surface area contributed by atoms with Gasteiger partial charge in [-0.1, -0.05) is 5.92 Å². The number of piperidine rings is 1. The molecule has 1 aromatic carbocycles. The first-order valence-corrected chi connectivity index (χ1v) is 11.4. The van der Waals surface area contributed by atoms with E-state index in [1.807, 2.05) is 24.3 Å². The summed E-state index contributed by atoms with van der Waals surface area (Å²) < 4.78 is 5.32. The van der Waals surface area contributed by atoms with Gasteiger partial charge in [0.25, 0.3) is 0 Å². The third-order valence-corrected chi connectivity index (χ3v) is 6.41. The Morgan fingerprint density at radius 3 is 2.91 bits per heavy atom. The van der Waals surface area contributed by atoms with Crippen molar-refractivity contribution in [1.82, 2.24) is 19.9 Å². The van der Waals surface area contributed by atoms with Crippen LogP contribution in [-0.4, -0.2) is 62.8 Å². The molecule has 1 fully saturated rings. The van der Waals surface area contributed by atoms with Gasteiger partial charge in [-0.2, -0.15) is 0 Å². The highest BCUT2D eigenvalue weighted by Gasteiger charge is 2.34. The SMILES string of the molecule is COc1ccc2nccc(C(O)CC[C@@H]3CCN(CC#Cc4ccncn4)C[C@@H]3C(=O)O)c2c1. The van der Waals surface area contributed by atoms with E-state index >= 15 is 0 Å². The number of likely N-dealkylation sites (tertiary alicyclic amines) is 1. The van der Waals surface area contributed by atoms with Gasteiger partial charge >= 0.3 is 5.97 Å². The van der Waals surface area contributed by atoms with E-state index in [1.54, 1.807) is 25.6 Å². The quantitative estimate of drug-likeness (QED) is 0.518. The second-order valence-electron chi connectivity index (χ2n) is 8.50. The summed E-state index contributed by atoms with van der Waals surface area (Å²) in [5.41, 5.74) is 2.22. The first kappa shape index (κ1) is 23.6. The molecule has 1 unspecified atom stereocenters. The lowest BCUT2D eigenvalue weighted by molar-refractivity contribution is -0.146. The van der Waals surface area contributed by atoms with Gasteiger partial charge in [-0.25, -0.2) is 9.97 Å². The summed E-state index contributed by atoms with van der Waals surface area (Å²) in [4.78, 5) is 26.4. The van der Waals surface area contributed by atoms with E-state index in [0.29, 0.717) is 37.4 Å². The molecule has 3 atom stereocenters. The van der Waals surface area contributed by atoms with Crippen LogP contribution < -0.4 is 4.74 Å².